The van der Waals surface area contributed by atoms with Crippen LogP contribution in [0.1, 0.15) is 20.3 Å². The van der Waals surface area contributed by atoms with Gasteiger partial charge in [0.1, 0.15) is 0 Å². The van der Waals surface area contributed by atoms with Crippen LogP contribution < -0.4 is 0 Å². The molecule has 0 heterocycles. The molecule has 0 aliphatic carbocycles. The maximum Gasteiger partial charge on any atom is 0.341 e. The van der Waals surface area contributed by atoms with Crippen molar-refractivity contribution in [2.75, 3.05) is 13.7 Å². The van der Waals surface area contributed by atoms with E-state index in [1.54, 1.807) is 13.8 Å². The van der Waals surface area contributed by atoms with Gasteiger partial charge in [-0.3, -0.25) is 0 Å². The zero-order valence-corrected chi connectivity index (χ0v) is 7.99. The van der Waals surface area contributed by atoms with E-state index in [0.717, 1.165) is 0 Å². The summed E-state index contributed by atoms with van der Waals surface area (Å²) in [5.41, 5.74) is -1.05. The van der Waals surface area contributed by atoms with Crippen LogP contribution in [0.25, 0.3) is 0 Å². The van der Waals surface area contributed by atoms with E-state index in [-0.39, 0.29) is 0 Å². The van der Waals surface area contributed by atoms with Crippen LogP contribution in [0.2, 0.25) is 0 Å². The zero-order chi connectivity index (χ0) is 10.5. The summed E-state index contributed by atoms with van der Waals surface area (Å²) < 4.78 is 9.40. The third-order valence-corrected chi connectivity index (χ3v) is 1.88. The molecule has 0 aliphatic rings. The van der Waals surface area contributed by atoms with Gasteiger partial charge in [-0.2, -0.15) is 0 Å². The van der Waals surface area contributed by atoms with E-state index >= 15 is 0 Å². The van der Waals surface area contributed by atoms with E-state index in [1.165, 1.54) is 7.11 Å². The summed E-state index contributed by atoms with van der Waals surface area (Å²) in [5, 5.41) is 8.26. The first-order valence-corrected chi connectivity index (χ1v) is 3.90. The van der Waals surface area contributed by atoms with Crippen molar-refractivity contribution < 1.29 is 24.2 Å². The molecule has 0 rings (SSSR count). The highest BCUT2D eigenvalue weighted by atomic mass is 16.6. The molecule has 0 radical (unpaired) electrons. The van der Waals surface area contributed by atoms with Crippen LogP contribution >= 0.6 is 0 Å². The predicted octanol–water partition coefficient (Wildman–Crippen LogP) is 0.429. The Morgan fingerprint density at radius 3 is 2.31 bits per heavy atom. The molecule has 0 aromatic carbocycles. The minimum Gasteiger partial charge on any atom is -0.479 e. The number of hydrogen-bond donors (Lipinski definition) is 1. The standard InChI is InChI=1S/C8H14O5/c1-4-8(2,12-3)7(11)13-5-6(9)10/h4-5H2,1-3H3,(H,9,10). The lowest BCUT2D eigenvalue weighted by atomic mass is 10.0. The zero-order valence-electron chi connectivity index (χ0n) is 7.99. The Kier molecular flexibility index (Phi) is 4.40. The first-order chi connectivity index (χ1) is 5.96. The minimum absolute atomic E-state index is 0.432. The van der Waals surface area contributed by atoms with Gasteiger partial charge in [0, 0.05) is 7.11 Å². The van der Waals surface area contributed by atoms with Gasteiger partial charge in [0.2, 0.25) is 0 Å². The number of carboxylic acid groups (broad SMARTS) is 1. The molecule has 5 nitrogen and oxygen atoms in total. The quantitative estimate of drug-likeness (QED) is 0.636. The molecule has 0 aliphatic heterocycles. The third-order valence-electron chi connectivity index (χ3n) is 1.88. The fraction of sp³-hybridized carbons (Fsp3) is 0.750. The summed E-state index contributed by atoms with van der Waals surface area (Å²) >= 11 is 0. The molecule has 0 amide bonds. The average Bonchev–Trinajstić information content (AvgIpc) is 2.12. The summed E-state index contributed by atoms with van der Waals surface area (Å²) in [7, 11) is 1.38. The number of hydrogen-bond acceptors (Lipinski definition) is 4. The van der Waals surface area contributed by atoms with E-state index < -0.39 is 24.1 Å². The molecule has 0 aromatic heterocycles. The molecule has 0 saturated heterocycles. The molecule has 76 valence electrons. The number of carboxylic acids is 1. The van der Waals surface area contributed by atoms with Crippen LogP contribution in [-0.4, -0.2) is 36.4 Å². The van der Waals surface area contributed by atoms with Crippen LogP contribution in [-0.2, 0) is 19.1 Å². The van der Waals surface area contributed by atoms with Crippen LogP contribution in [0.15, 0.2) is 0 Å². The Balaban J connectivity index is 4.15. The third kappa shape index (κ3) is 3.42. The van der Waals surface area contributed by atoms with Gasteiger partial charge in [0.25, 0.3) is 0 Å². The van der Waals surface area contributed by atoms with Gasteiger partial charge in [-0.1, -0.05) is 6.92 Å². The number of esters is 1. The van der Waals surface area contributed by atoms with Crippen molar-refractivity contribution in [3.63, 3.8) is 0 Å². The fourth-order valence-corrected chi connectivity index (χ4v) is 0.652. The van der Waals surface area contributed by atoms with Crippen molar-refractivity contribution >= 4 is 11.9 Å². The molecule has 1 N–H and O–H groups in total. The largest absolute Gasteiger partial charge is 0.479 e. The Morgan fingerprint density at radius 1 is 1.46 bits per heavy atom. The predicted molar refractivity (Wildman–Crippen MR) is 44.3 cm³/mol. The van der Waals surface area contributed by atoms with Gasteiger partial charge in [0.15, 0.2) is 12.2 Å². The highest BCUT2D eigenvalue weighted by Gasteiger charge is 2.33. The van der Waals surface area contributed by atoms with Gasteiger partial charge in [0.05, 0.1) is 0 Å². The second-order valence-electron chi connectivity index (χ2n) is 2.76. The van der Waals surface area contributed by atoms with Crippen molar-refractivity contribution in [1.82, 2.24) is 0 Å². The normalized spacial score (nSPS) is 14.7. The number of carbonyl (C=O) groups excluding carboxylic acids is 1. The lowest BCUT2D eigenvalue weighted by molar-refractivity contribution is -0.172. The van der Waals surface area contributed by atoms with Crippen molar-refractivity contribution in [1.29, 1.82) is 0 Å². The molecule has 1 unspecified atom stereocenters. The molecule has 0 spiro atoms. The molecular weight excluding hydrogens is 176 g/mol. The molecular formula is C8H14O5. The lowest BCUT2D eigenvalue weighted by Gasteiger charge is -2.23. The Bertz CT molecular complexity index is 195. The molecule has 5 heteroatoms. The van der Waals surface area contributed by atoms with Crippen LogP contribution in [0, 0.1) is 0 Å². The van der Waals surface area contributed by atoms with Gasteiger partial charge in [-0.25, -0.2) is 9.59 Å². The van der Waals surface area contributed by atoms with E-state index in [4.69, 9.17) is 9.84 Å². The number of methoxy groups -OCH3 is 1. The second-order valence-corrected chi connectivity index (χ2v) is 2.76. The fourth-order valence-electron chi connectivity index (χ4n) is 0.652. The SMILES string of the molecule is CCC(C)(OC)C(=O)OCC(=O)O. The van der Waals surface area contributed by atoms with Gasteiger partial charge in [-0.05, 0) is 13.3 Å². The van der Waals surface area contributed by atoms with E-state index in [1.807, 2.05) is 0 Å². The molecule has 0 aromatic rings. The summed E-state index contributed by atoms with van der Waals surface area (Å²) in [4.78, 5) is 21.3. The molecule has 0 saturated carbocycles. The van der Waals surface area contributed by atoms with E-state index in [9.17, 15) is 9.59 Å². The Morgan fingerprint density at radius 2 is 2.00 bits per heavy atom. The van der Waals surface area contributed by atoms with Crippen molar-refractivity contribution in [2.24, 2.45) is 0 Å². The highest BCUT2D eigenvalue weighted by Crippen LogP contribution is 2.15. The maximum absolute atomic E-state index is 11.2. The summed E-state index contributed by atoms with van der Waals surface area (Å²) in [5.74, 6) is -1.83. The summed E-state index contributed by atoms with van der Waals surface area (Å²) in [6, 6.07) is 0. The maximum atomic E-state index is 11.2. The van der Waals surface area contributed by atoms with Crippen LogP contribution in [0.3, 0.4) is 0 Å². The monoisotopic (exact) mass is 190 g/mol. The van der Waals surface area contributed by atoms with Crippen molar-refractivity contribution in [2.45, 2.75) is 25.9 Å². The van der Waals surface area contributed by atoms with Crippen LogP contribution in [0.4, 0.5) is 0 Å². The number of ether oxygens (including phenoxy) is 2. The second kappa shape index (κ2) is 4.81. The lowest BCUT2D eigenvalue weighted by Crippen LogP contribution is -2.39. The van der Waals surface area contributed by atoms with Gasteiger partial charge >= 0.3 is 11.9 Å². The molecule has 0 bridgehead atoms. The summed E-state index contributed by atoms with van der Waals surface area (Å²) in [6.45, 7) is 2.68. The first kappa shape index (κ1) is 11.9. The minimum atomic E-state index is -1.18. The average molecular weight is 190 g/mol. The number of carbonyl (C=O) groups is 2. The molecule has 0 fully saturated rings. The summed E-state index contributed by atoms with van der Waals surface area (Å²) in [6.07, 6.45) is 0.432. The molecule has 1 atom stereocenters. The highest BCUT2D eigenvalue weighted by molar-refractivity contribution is 5.81. The number of rotatable bonds is 5. The van der Waals surface area contributed by atoms with Crippen molar-refractivity contribution in [3.8, 4) is 0 Å². The topological polar surface area (TPSA) is 72.8 Å². The van der Waals surface area contributed by atoms with Crippen LogP contribution in [0.5, 0.6) is 0 Å². The van der Waals surface area contributed by atoms with E-state index in [2.05, 4.69) is 4.74 Å². The van der Waals surface area contributed by atoms with Gasteiger partial charge in [-0.15, -0.1) is 0 Å². The Labute approximate surface area is 76.6 Å². The first-order valence-electron chi connectivity index (χ1n) is 3.90. The van der Waals surface area contributed by atoms with Gasteiger partial charge < -0.3 is 14.6 Å². The molecule has 13 heavy (non-hydrogen) atoms. The van der Waals surface area contributed by atoms with Crippen molar-refractivity contribution in [3.05, 3.63) is 0 Å². The van der Waals surface area contributed by atoms with E-state index in [0.29, 0.717) is 6.42 Å². The number of aliphatic carboxylic acids is 1. The smallest absolute Gasteiger partial charge is 0.341 e. The Hall–Kier alpha value is -1.10.